The van der Waals surface area contributed by atoms with Crippen molar-refractivity contribution in [2.24, 2.45) is 0 Å². The van der Waals surface area contributed by atoms with E-state index < -0.39 is 5.56 Å². The second kappa shape index (κ2) is 9.36. The number of ether oxygens (including phenoxy) is 4. The largest absolute Gasteiger partial charge is 0.493 e. The molecule has 0 amide bonds. The van der Waals surface area contributed by atoms with E-state index in [1.54, 1.807) is 6.07 Å². The van der Waals surface area contributed by atoms with Gasteiger partial charge in [0.1, 0.15) is 17.7 Å². The van der Waals surface area contributed by atoms with Gasteiger partial charge in [-0.3, -0.25) is 4.79 Å². The van der Waals surface area contributed by atoms with Gasteiger partial charge in [0.2, 0.25) is 11.7 Å². The number of nitrogens with zero attached hydrogens (tertiary/aromatic N) is 2. The lowest BCUT2D eigenvalue weighted by atomic mass is 10.2. The van der Waals surface area contributed by atoms with Gasteiger partial charge in [-0.15, -0.1) is 0 Å². The quantitative estimate of drug-likeness (QED) is 0.546. The van der Waals surface area contributed by atoms with Crippen molar-refractivity contribution >= 4 is 16.9 Å². The molecular weight excluding hydrogens is 390 g/mol. The number of aromatic amines is 1. The molecule has 1 heterocycles. The van der Waals surface area contributed by atoms with E-state index in [1.165, 1.54) is 21.3 Å². The predicted octanol–water partition coefficient (Wildman–Crippen LogP) is 1.96. The van der Waals surface area contributed by atoms with E-state index in [0.717, 1.165) is 5.56 Å². The summed E-state index contributed by atoms with van der Waals surface area (Å²) >= 11 is 0. The number of benzene rings is 2. The molecule has 2 N–H and O–H groups in total. The minimum Gasteiger partial charge on any atom is -0.493 e. The SMILES string of the molecule is COc1cc2[nH]c(N(C)Cc3cccc(OCCO)c3)nc(=O)c2c(OC)c1OC. The molecule has 0 saturated carbocycles. The average Bonchev–Trinajstić information content (AvgIpc) is 2.76. The lowest BCUT2D eigenvalue weighted by molar-refractivity contribution is 0.201. The normalized spacial score (nSPS) is 10.7. The zero-order valence-corrected chi connectivity index (χ0v) is 17.4. The van der Waals surface area contributed by atoms with Gasteiger partial charge in [0.15, 0.2) is 11.5 Å². The molecule has 9 nitrogen and oxygen atoms in total. The summed E-state index contributed by atoms with van der Waals surface area (Å²) in [6, 6.07) is 9.19. The van der Waals surface area contributed by atoms with Gasteiger partial charge in [-0.1, -0.05) is 12.1 Å². The number of aliphatic hydroxyl groups is 1. The van der Waals surface area contributed by atoms with E-state index in [9.17, 15) is 4.79 Å². The third-order valence-electron chi connectivity index (χ3n) is 4.54. The number of rotatable bonds is 9. The van der Waals surface area contributed by atoms with Crippen LogP contribution in [0, 0.1) is 0 Å². The average molecular weight is 415 g/mol. The third-order valence-corrected chi connectivity index (χ3v) is 4.54. The van der Waals surface area contributed by atoms with Gasteiger partial charge in [-0.2, -0.15) is 4.98 Å². The smallest absolute Gasteiger partial charge is 0.286 e. The van der Waals surface area contributed by atoms with Crippen LogP contribution in [0.2, 0.25) is 0 Å². The fourth-order valence-corrected chi connectivity index (χ4v) is 3.19. The molecular formula is C21H25N3O6. The molecule has 0 aliphatic rings. The number of aromatic nitrogens is 2. The minimum absolute atomic E-state index is 0.0515. The lowest BCUT2D eigenvalue weighted by Crippen LogP contribution is -2.23. The number of anilines is 1. The molecule has 0 atom stereocenters. The van der Waals surface area contributed by atoms with E-state index in [2.05, 4.69) is 9.97 Å². The number of fused-ring (bicyclic) bond motifs is 1. The highest BCUT2D eigenvalue weighted by Gasteiger charge is 2.20. The van der Waals surface area contributed by atoms with Crippen LogP contribution in [-0.2, 0) is 6.54 Å². The zero-order chi connectivity index (χ0) is 21.7. The fourth-order valence-electron chi connectivity index (χ4n) is 3.19. The maximum Gasteiger partial charge on any atom is 0.286 e. The summed E-state index contributed by atoms with van der Waals surface area (Å²) in [5.41, 5.74) is 1.04. The molecule has 2 aromatic carbocycles. The van der Waals surface area contributed by atoms with Crippen LogP contribution in [0.4, 0.5) is 5.95 Å². The first-order valence-corrected chi connectivity index (χ1v) is 9.29. The van der Waals surface area contributed by atoms with Gasteiger partial charge in [-0.25, -0.2) is 0 Å². The summed E-state index contributed by atoms with van der Waals surface area (Å²) in [4.78, 5) is 22.0. The standard InChI is InChI=1S/C21H25N3O6/c1-24(12-13-6-5-7-14(10-13)30-9-8-25)21-22-15-11-16(27-2)18(28-3)19(29-4)17(15)20(26)23-21/h5-7,10-11,25H,8-9,12H2,1-4H3,(H,22,23,26). The Bertz CT molecular complexity index is 1080. The third kappa shape index (κ3) is 4.25. The van der Waals surface area contributed by atoms with Crippen molar-refractivity contribution < 1.29 is 24.1 Å². The molecule has 3 aromatic rings. The Morgan fingerprint density at radius 2 is 1.87 bits per heavy atom. The Hall–Kier alpha value is -3.46. The van der Waals surface area contributed by atoms with Crippen LogP contribution >= 0.6 is 0 Å². The summed E-state index contributed by atoms with van der Waals surface area (Å²) in [5, 5.41) is 9.19. The molecule has 0 saturated heterocycles. The molecule has 30 heavy (non-hydrogen) atoms. The van der Waals surface area contributed by atoms with Crippen molar-refractivity contribution in [2.45, 2.75) is 6.54 Å². The van der Waals surface area contributed by atoms with Gasteiger partial charge in [0, 0.05) is 19.7 Å². The van der Waals surface area contributed by atoms with Gasteiger partial charge in [0.05, 0.1) is 33.5 Å². The van der Waals surface area contributed by atoms with E-state index in [0.29, 0.717) is 35.3 Å². The predicted molar refractivity (Wildman–Crippen MR) is 113 cm³/mol. The van der Waals surface area contributed by atoms with E-state index in [-0.39, 0.29) is 24.3 Å². The number of aliphatic hydroxyl groups excluding tert-OH is 1. The second-order valence-electron chi connectivity index (χ2n) is 6.51. The van der Waals surface area contributed by atoms with E-state index >= 15 is 0 Å². The number of hydrogen-bond acceptors (Lipinski definition) is 8. The van der Waals surface area contributed by atoms with Crippen molar-refractivity contribution in [1.29, 1.82) is 0 Å². The molecule has 0 fully saturated rings. The van der Waals surface area contributed by atoms with Crippen LogP contribution in [0.15, 0.2) is 35.1 Å². The summed E-state index contributed by atoms with van der Waals surface area (Å²) in [6.07, 6.45) is 0. The summed E-state index contributed by atoms with van der Waals surface area (Å²) in [7, 11) is 6.28. The lowest BCUT2D eigenvalue weighted by Gasteiger charge is -2.20. The van der Waals surface area contributed by atoms with Crippen molar-refractivity contribution in [2.75, 3.05) is 46.5 Å². The molecule has 1 aromatic heterocycles. The Kier molecular flexibility index (Phi) is 6.63. The maximum atomic E-state index is 12.8. The highest BCUT2D eigenvalue weighted by atomic mass is 16.5. The Morgan fingerprint density at radius 1 is 1.10 bits per heavy atom. The van der Waals surface area contributed by atoms with Gasteiger partial charge in [-0.05, 0) is 17.7 Å². The first-order valence-electron chi connectivity index (χ1n) is 9.29. The van der Waals surface area contributed by atoms with Crippen molar-refractivity contribution in [3.05, 3.63) is 46.2 Å². The number of H-pyrrole nitrogens is 1. The summed E-state index contributed by atoms with van der Waals surface area (Å²) < 4.78 is 21.6. The highest BCUT2D eigenvalue weighted by Crippen LogP contribution is 2.41. The molecule has 0 spiro atoms. The number of methoxy groups -OCH3 is 3. The first-order chi connectivity index (χ1) is 14.5. The minimum atomic E-state index is -0.441. The van der Waals surface area contributed by atoms with Gasteiger partial charge < -0.3 is 33.9 Å². The summed E-state index contributed by atoms with van der Waals surface area (Å²) in [6.45, 7) is 0.658. The highest BCUT2D eigenvalue weighted by molar-refractivity contribution is 5.90. The molecule has 0 aliphatic carbocycles. The maximum absolute atomic E-state index is 12.8. The molecule has 160 valence electrons. The molecule has 0 radical (unpaired) electrons. The zero-order valence-electron chi connectivity index (χ0n) is 17.4. The molecule has 3 rings (SSSR count). The van der Waals surface area contributed by atoms with Crippen LogP contribution in [0.5, 0.6) is 23.0 Å². The topological polar surface area (TPSA) is 106 Å². The van der Waals surface area contributed by atoms with Crippen LogP contribution in [-0.4, -0.2) is 56.7 Å². The monoisotopic (exact) mass is 415 g/mol. The Morgan fingerprint density at radius 3 is 2.53 bits per heavy atom. The number of hydrogen-bond donors (Lipinski definition) is 2. The van der Waals surface area contributed by atoms with E-state index in [1.807, 2.05) is 36.2 Å². The molecule has 0 bridgehead atoms. The Labute approximate surface area is 173 Å². The van der Waals surface area contributed by atoms with Gasteiger partial charge in [0.25, 0.3) is 5.56 Å². The summed E-state index contributed by atoms with van der Waals surface area (Å²) in [5.74, 6) is 2.09. The Balaban J connectivity index is 1.97. The van der Waals surface area contributed by atoms with Gasteiger partial charge >= 0.3 is 0 Å². The second-order valence-corrected chi connectivity index (χ2v) is 6.51. The van der Waals surface area contributed by atoms with Crippen molar-refractivity contribution in [3.63, 3.8) is 0 Å². The van der Waals surface area contributed by atoms with E-state index in [4.69, 9.17) is 24.1 Å². The van der Waals surface area contributed by atoms with Crippen molar-refractivity contribution in [1.82, 2.24) is 9.97 Å². The molecule has 9 heteroatoms. The van der Waals surface area contributed by atoms with Crippen LogP contribution in [0.1, 0.15) is 5.56 Å². The van der Waals surface area contributed by atoms with Crippen molar-refractivity contribution in [3.8, 4) is 23.0 Å². The molecule has 0 aliphatic heterocycles. The fraction of sp³-hybridized carbons (Fsp3) is 0.333. The first kappa shape index (κ1) is 21.3. The molecule has 0 unspecified atom stereocenters. The van der Waals surface area contributed by atoms with Crippen LogP contribution < -0.4 is 29.4 Å². The van der Waals surface area contributed by atoms with Crippen LogP contribution in [0.25, 0.3) is 10.9 Å². The number of nitrogens with one attached hydrogen (secondary N) is 1. The van der Waals surface area contributed by atoms with Crippen LogP contribution in [0.3, 0.4) is 0 Å².